The van der Waals surface area contributed by atoms with Crippen molar-refractivity contribution in [3.63, 3.8) is 0 Å². The topological polar surface area (TPSA) is 70.2 Å². The molecule has 18 heavy (non-hydrogen) atoms. The van der Waals surface area contributed by atoms with Gasteiger partial charge in [0, 0.05) is 13.6 Å². The Morgan fingerprint density at radius 3 is 2.39 bits per heavy atom. The van der Waals surface area contributed by atoms with E-state index in [-0.39, 0.29) is 11.9 Å². The molecule has 5 nitrogen and oxygen atoms in total. The van der Waals surface area contributed by atoms with E-state index in [0.29, 0.717) is 5.41 Å². The molecule has 1 aliphatic rings. The first-order chi connectivity index (χ1) is 8.47. The highest BCUT2D eigenvalue weighted by atomic mass is 16.2. The average Bonchev–Trinajstić information content (AvgIpc) is 2.36. The molecule has 104 valence electrons. The van der Waals surface area contributed by atoms with Crippen molar-refractivity contribution < 1.29 is 9.59 Å². The van der Waals surface area contributed by atoms with Gasteiger partial charge in [0.05, 0.1) is 6.04 Å². The lowest BCUT2D eigenvalue weighted by atomic mass is 9.75. The number of carbonyl (C=O) groups excluding carboxylic acids is 2. The first-order valence-electron chi connectivity index (χ1n) is 6.73. The van der Waals surface area contributed by atoms with E-state index in [4.69, 9.17) is 0 Å². The van der Waals surface area contributed by atoms with Gasteiger partial charge in [-0.1, -0.05) is 26.2 Å². The Balaban J connectivity index is 2.33. The summed E-state index contributed by atoms with van der Waals surface area (Å²) in [7, 11) is 1.49. The lowest BCUT2D eigenvalue weighted by Crippen LogP contribution is -2.49. The smallest absolute Gasteiger partial charge is 0.321 e. The van der Waals surface area contributed by atoms with Crippen molar-refractivity contribution in [2.75, 3.05) is 13.6 Å². The van der Waals surface area contributed by atoms with Crippen LogP contribution in [0, 0.1) is 5.41 Å². The monoisotopic (exact) mass is 255 g/mol. The Bertz CT molecular complexity index is 299. The van der Waals surface area contributed by atoms with Crippen LogP contribution in [0.1, 0.15) is 46.0 Å². The molecule has 3 N–H and O–H groups in total. The van der Waals surface area contributed by atoms with Crippen LogP contribution in [0.25, 0.3) is 0 Å². The fraction of sp³-hybridized carbons (Fsp3) is 0.846. The average molecular weight is 255 g/mol. The predicted octanol–water partition coefficient (Wildman–Crippen LogP) is 1.39. The molecule has 1 unspecified atom stereocenters. The van der Waals surface area contributed by atoms with Crippen LogP contribution < -0.4 is 16.0 Å². The fourth-order valence-electron chi connectivity index (χ4n) is 2.36. The van der Waals surface area contributed by atoms with E-state index in [0.717, 1.165) is 6.54 Å². The molecular weight excluding hydrogens is 230 g/mol. The minimum absolute atomic E-state index is 0.284. The number of urea groups is 1. The minimum atomic E-state index is -0.461. The van der Waals surface area contributed by atoms with Gasteiger partial charge in [0.2, 0.25) is 5.91 Å². The van der Waals surface area contributed by atoms with E-state index >= 15 is 0 Å². The van der Waals surface area contributed by atoms with Crippen molar-refractivity contribution in [2.45, 2.75) is 52.0 Å². The van der Waals surface area contributed by atoms with Crippen molar-refractivity contribution in [1.82, 2.24) is 16.0 Å². The third-order valence-corrected chi connectivity index (χ3v) is 3.75. The lowest BCUT2D eigenvalue weighted by Gasteiger charge is -2.34. The maximum atomic E-state index is 11.7. The van der Waals surface area contributed by atoms with Crippen LogP contribution in [0.3, 0.4) is 0 Å². The number of imide groups is 1. The zero-order chi connectivity index (χ0) is 13.6. The maximum Gasteiger partial charge on any atom is 0.321 e. The Hall–Kier alpha value is -1.10. The van der Waals surface area contributed by atoms with Gasteiger partial charge in [-0.15, -0.1) is 0 Å². The second-order valence-corrected chi connectivity index (χ2v) is 5.54. The summed E-state index contributed by atoms with van der Waals surface area (Å²) in [6, 6.07) is -0.807. The summed E-state index contributed by atoms with van der Waals surface area (Å²) in [5.74, 6) is -0.284. The Morgan fingerprint density at radius 2 is 1.83 bits per heavy atom. The first-order valence-corrected chi connectivity index (χ1v) is 6.73. The van der Waals surface area contributed by atoms with Crippen LogP contribution in [-0.2, 0) is 4.79 Å². The zero-order valence-corrected chi connectivity index (χ0v) is 11.6. The highest BCUT2D eigenvalue weighted by Gasteiger charge is 2.27. The lowest BCUT2D eigenvalue weighted by molar-refractivity contribution is -0.121. The number of hydrogen-bond donors (Lipinski definition) is 3. The fourth-order valence-corrected chi connectivity index (χ4v) is 2.36. The van der Waals surface area contributed by atoms with Gasteiger partial charge in [0.15, 0.2) is 0 Å². The van der Waals surface area contributed by atoms with E-state index in [2.05, 4.69) is 22.9 Å². The minimum Gasteiger partial charge on any atom is -0.341 e. The SMILES string of the molecule is CNC(=O)NC(=O)C(C)NCC1(C)CCCCC1. The second kappa shape index (κ2) is 6.73. The number of hydrogen-bond acceptors (Lipinski definition) is 3. The first kappa shape index (κ1) is 15.0. The molecule has 0 aromatic carbocycles. The summed E-state index contributed by atoms with van der Waals surface area (Å²) in [5, 5.41) is 7.87. The molecule has 0 heterocycles. The molecule has 1 atom stereocenters. The molecule has 0 bridgehead atoms. The highest BCUT2D eigenvalue weighted by molar-refractivity contribution is 5.96. The second-order valence-electron chi connectivity index (χ2n) is 5.54. The quantitative estimate of drug-likeness (QED) is 0.711. The Labute approximate surface area is 109 Å². The van der Waals surface area contributed by atoms with Gasteiger partial charge in [0.1, 0.15) is 0 Å². The number of nitrogens with one attached hydrogen (secondary N) is 3. The van der Waals surface area contributed by atoms with Crippen LogP contribution in [0.2, 0.25) is 0 Å². The molecule has 0 aromatic rings. The van der Waals surface area contributed by atoms with Gasteiger partial charge in [-0.25, -0.2) is 4.79 Å². The summed E-state index contributed by atoms with van der Waals surface area (Å²) >= 11 is 0. The third kappa shape index (κ3) is 4.64. The molecular formula is C13H25N3O2. The molecule has 1 fully saturated rings. The molecule has 5 heteroatoms. The van der Waals surface area contributed by atoms with Crippen molar-refractivity contribution in [3.8, 4) is 0 Å². The molecule has 1 saturated carbocycles. The number of rotatable bonds is 4. The van der Waals surface area contributed by atoms with Gasteiger partial charge in [-0.3, -0.25) is 10.1 Å². The molecule has 1 aliphatic carbocycles. The normalized spacial score (nSPS) is 19.9. The summed E-state index contributed by atoms with van der Waals surface area (Å²) < 4.78 is 0. The summed E-state index contributed by atoms with van der Waals surface area (Å²) in [4.78, 5) is 22.7. The number of amides is 3. The van der Waals surface area contributed by atoms with Crippen LogP contribution >= 0.6 is 0 Å². The summed E-state index contributed by atoms with van der Waals surface area (Å²) in [5.41, 5.74) is 0.291. The summed E-state index contributed by atoms with van der Waals surface area (Å²) in [6.07, 6.45) is 6.30. The molecule has 0 saturated heterocycles. The van der Waals surface area contributed by atoms with E-state index in [9.17, 15) is 9.59 Å². The van der Waals surface area contributed by atoms with Crippen LogP contribution in [0.15, 0.2) is 0 Å². The Morgan fingerprint density at radius 1 is 1.22 bits per heavy atom. The van der Waals surface area contributed by atoms with Gasteiger partial charge < -0.3 is 10.6 Å². The van der Waals surface area contributed by atoms with Gasteiger partial charge in [-0.05, 0) is 25.2 Å². The van der Waals surface area contributed by atoms with Gasteiger partial charge in [0.25, 0.3) is 0 Å². The third-order valence-electron chi connectivity index (χ3n) is 3.75. The standard InChI is InChI=1S/C13H25N3O2/c1-10(11(17)16-12(18)14-3)15-9-13(2)7-5-4-6-8-13/h10,15H,4-9H2,1-3H3,(H2,14,16,17,18). The molecule has 0 radical (unpaired) electrons. The van der Waals surface area contributed by atoms with E-state index < -0.39 is 6.03 Å². The van der Waals surface area contributed by atoms with E-state index in [1.54, 1.807) is 6.92 Å². The van der Waals surface area contributed by atoms with Crippen LogP contribution in [0.4, 0.5) is 4.79 Å². The molecule has 0 spiro atoms. The number of carbonyl (C=O) groups is 2. The predicted molar refractivity (Wildman–Crippen MR) is 71.3 cm³/mol. The maximum absolute atomic E-state index is 11.7. The van der Waals surface area contributed by atoms with Crippen molar-refractivity contribution in [2.24, 2.45) is 5.41 Å². The zero-order valence-electron chi connectivity index (χ0n) is 11.6. The molecule has 0 aromatic heterocycles. The van der Waals surface area contributed by atoms with Crippen LogP contribution in [0.5, 0.6) is 0 Å². The highest BCUT2D eigenvalue weighted by Crippen LogP contribution is 2.34. The van der Waals surface area contributed by atoms with E-state index in [1.165, 1.54) is 39.2 Å². The van der Waals surface area contributed by atoms with Gasteiger partial charge >= 0.3 is 6.03 Å². The van der Waals surface area contributed by atoms with Crippen molar-refractivity contribution in [1.29, 1.82) is 0 Å². The van der Waals surface area contributed by atoms with Crippen LogP contribution in [-0.4, -0.2) is 31.6 Å². The molecule has 1 rings (SSSR count). The van der Waals surface area contributed by atoms with Crippen molar-refractivity contribution >= 4 is 11.9 Å². The van der Waals surface area contributed by atoms with Crippen molar-refractivity contribution in [3.05, 3.63) is 0 Å². The Kier molecular flexibility index (Phi) is 5.59. The van der Waals surface area contributed by atoms with Gasteiger partial charge in [-0.2, -0.15) is 0 Å². The molecule has 0 aliphatic heterocycles. The summed E-state index contributed by atoms with van der Waals surface area (Å²) in [6.45, 7) is 4.88. The largest absolute Gasteiger partial charge is 0.341 e. The molecule has 3 amide bonds. The van der Waals surface area contributed by atoms with E-state index in [1.807, 2.05) is 0 Å².